The summed E-state index contributed by atoms with van der Waals surface area (Å²) in [6, 6.07) is 32.9. The lowest BCUT2D eigenvalue weighted by Crippen LogP contribution is -2.52. The van der Waals surface area contributed by atoms with E-state index in [4.69, 9.17) is 0 Å². The fourth-order valence-electron chi connectivity index (χ4n) is 4.88. The molecule has 2 aromatic heterocycles. The van der Waals surface area contributed by atoms with E-state index in [1.807, 2.05) is 60.0 Å². The maximum atomic E-state index is 13.1. The van der Waals surface area contributed by atoms with E-state index >= 15 is 0 Å². The van der Waals surface area contributed by atoms with E-state index in [9.17, 15) is 5.11 Å². The molecule has 5 aromatic rings. The molecule has 0 spiro atoms. The number of benzene rings is 3. The molecule has 0 saturated heterocycles. The molecule has 158 valence electrons. The van der Waals surface area contributed by atoms with E-state index in [-0.39, 0.29) is 0 Å². The first-order valence-electron chi connectivity index (χ1n) is 10.6. The van der Waals surface area contributed by atoms with Crippen LogP contribution in [0.1, 0.15) is 32.8 Å². The van der Waals surface area contributed by atoms with E-state index in [1.54, 1.807) is 23.9 Å². The number of hydrogen-bond acceptors (Lipinski definition) is 3. The monoisotopic (exact) mass is 436 g/mol. The van der Waals surface area contributed by atoms with Gasteiger partial charge in [-0.1, -0.05) is 91.0 Å². The normalized spacial score (nSPS) is 13.6. The second-order valence-corrected chi connectivity index (χ2v) is 8.87. The first-order chi connectivity index (χ1) is 15.7. The van der Waals surface area contributed by atoms with Crippen LogP contribution in [0.5, 0.6) is 0 Å². The predicted octanol–water partition coefficient (Wildman–Crippen LogP) is 6.05. The molecule has 4 heteroatoms. The van der Waals surface area contributed by atoms with Crippen LogP contribution >= 0.6 is 11.3 Å². The van der Waals surface area contributed by atoms with Crippen molar-refractivity contribution in [3.8, 4) is 0 Å². The summed E-state index contributed by atoms with van der Waals surface area (Å²) in [5.41, 5.74) is 2.33. The van der Waals surface area contributed by atoms with Crippen molar-refractivity contribution >= 4 is 11.3 Å². The third-order valence-electron chi connectivity index (χ3n) is 6.24. The van der Waals surface area contributed by atoms with Gasteiger partial charge in [-0.15, -0.1) is 11.3 Å². The number of imidazole rings is 1. The molecule has 1 atom stereocenters. The summed E-state index contributed by atoms with van der Waals surface area (Å²) in [5, 5.41) is 15.2. The molecule has 3 aromatic carbocycles. The molecule has 0 radical (unpaired) electrons. The molecule has 2 heterocycles. The minimum Gasteiger partial charge on any atom is -0.376 e. The summed E-state index contributed by atoms with van der Waals surface area (Å²) in [4.78, 5) is 8.45. The Morgan fingerprint density at radius 3 is 1.62 bits per heavy atom. The Bertz CT molecular complexity index is 1180. The quantitative estimate of drug-likeness (QED) is 0.318. The van der Waals surface area contributed by atoms with Crippen LogP contribution in [0.2, 0.25) is 0 Å². The van der Waals surface area contributed by atoms with E-state index in [0.29, 0.717) is 5.69 Å². The van der Waals surface area contributed by atoms with Gasteiger partial charge in [0.1, 0.15) is 0 Å². The fraction of sp³-hybridized carbons (Fsp3) is 0.107. The van der Waals surface area contributed by atoms with Crippen LogP contribution < -0.4 is 0 Å². The summed E-state index contributed by atoms with van der Waals surface area (Å²) in [6.45, 7) is 2.05. The largest absolute Gasteiger partial charge is 0.376 e. The lowest BCUT2D eigenvalue weighted by molar-refractivity contribution is 0.0273. The van der Waals surface area contributed by atoms with Crippen LogP contribution in [-0.2, 0) is 11.0 Å². The average Bonchev–Trinajstić information content (AvgIpc) is 3.54. The van der Waals surface area contributed by atoms with Gasteiger partial charge in [-0.3, -0.25) is 0 Å². The van der Waals surface area contributed by atoms with Gasteiger partial charge in [0.2, 0.25) is 0 Å². The third kappa shape index (κ3) is 2.95. The molecule has 0 bridgehead atoms. The smallest absolute Gasteiger partial charge is 0.158 e. The van der Waals surface area contributed by atoms with Crippen LogP contribution in [0, 0.1) is 6.92 Å². The Kier molecular flexibility index (Phi) is 5.25. The van der Waals surface area contributed by atoms with Crippen molar-refractivity contribution in [1.82, 2.24) is 9.97 Å². The number of thiophene rings is 1. The van der Waals surface area contributed by atoms with Gasteiger partial charge in [-0.25, -0.2) is 4.98 Å². The van der Waals surface area contributed by atoms with Crippen molar-refractivity contribution in [2.75, 3.05) is 0 Å². The van der Waals surface area contributed by atoms with Crippen LogP contribution in [0.15, 0.2) is 115 Å². The van der Waals surface area contributed by atoms with Gasteiger partial charge in [0.15, 0.2) is 5.60 Å². The topological polar surface area (TPSA) is 48.9 Å². The van der Waals surface area contributed by atoms with E-state index in [2.05, 4.69) is 59.4 Å². The van der Waals surface area contributed by atoms with Crippen molar-refractivity contribution in [1.29, 1.82) is 0 Å². The molecule has 0 aliphatic rings. The number of rotatable bonds is 6. The molecule has 0 fully saturated rings. The Hall–Kier alpha value is -3.47. The zero-order valence-electron chi connectivity index (χ0n) is 17.8. The van der Waals surface area contributed by atoms with E-state index in [0.717, 1.165) is 27.1 Å². The molecule has 0 aliphatic heterocycles. The highest BCUT2D eigenvalue weighted by Gasteiger charge is 2.58. The minimum atomic E-state index is -1.44. The Balaban J connectivity index is 2.01. The van der Waals surface area contributed by atoms with Crippen LogP contribution in [-0.4, -0.2) is 15.1 Å². The van der Waals surface area contributed by atoms with Gasteiger partial charge in [-0.2, -0.15) is 0 Å². The highest BCUT2D eigenvalue weighted by atomic mass is 32.1. The minimum absolute atomic E-state index is 0.652. The molecule has 5 rings (SSSR count). The fourth-order valence-corrected chi connectivity index (χ4v) is 5.98. The maximum absolute atomic E-state index is 13.1. The maximum Gasteiger partial charge on any atom is 0.158 e. The van der Waals surface area contributed by atoms with Crippen LogP contribution in [0.4, 0.5) is 0 Å². The predicted molar refractivity (Wildman–Crippen MR) is 130 cm³/mol. The highest BCUT2D eigenvalue weighted by molar-refractivity contribution is 7.10. The molecular weight excluding hydrogens is 412 g/mol. The molecule has 2 N–H and O–H groups in total. The number of nitrogens with zero attached hydrogens (tertiary/aromatic N) is 1. The first-order valence-corrected chi connectivity index (χ1v) is 11.5. The van der Waals surface area contributed by atoms with Gasteiger partial charge in [0.05, 0.1) is 23.6 Å². The van der Waals surface area contributed by atoms with Gasteiger partial charge in [0.25, 0.3) is 0 Å². The SMILES string of the molecule is Cc1ccsc1C(O)(c1cnc[nH]1)C(c1ccccc1)(c1ccccc1)c1ccccc1. The average molecular weight is 437 g/mol. The Morgan fingerprint density at radius 2 is 1.25 bits per heavy atom. The number of aromatic nitrogens is 2. The second-order valence-electron chi connectivity index (χ2n) is 7.96. The molecule has 32 heavy (non-hydrogen) atoms. The summed E-state index contributed by atoms with van der Waals surface area (Å²) in [7, 11) is 0. The number of nitrogens with one attached hydrogen (secondary N) is 1. The number of aliphatic hydroxyl groups is 1. The molecule has 0 saturated carbocycles. The van der Waals surface area contributed by atoms with Crippen molar-refractivity contribution in [2.45, 2.75) is 17.9 Å². The number of aromatic amines is 1. The molecule has 0 aliphatic carbocycles. The Morgan fingerprint density at radius 1 is 0.750 bits per heavy atom. The number of hydrogen-bond donors (Lipinski definition) is 2. The zero-order valence-corrected chi connectivity index (χ0v) is 18.6. The summed E-state index contributed by atoms with van der Waals surface area (Å²) >= 11 is 1.57. The van der Waals surface area contributed by atoms with Gasteiger partial charge < -0.3 is 10.1 Å². The molecular formula is C28H24N2OS. The third-order valence-corrected chi connectivity index (χ3v) is 7.37. The molecule has 0 amide bonds. The first kappa shape index (κ1) is 20.4. The lowest BCUT2D eigenvalue weighted by atomic mass is 9.57. The standard InChI is InChI=1S/C28H24N2OS/c1-21-17-18-32-26(21)28(31,25-19-29-20-30-25)27(22-11-5-2-6-12-22,23-13-7-3-8-14-23)24-15-9-4-10-16-24/h2-20,31H,1H3,(H,29,30). The van der Waals surface area contributed by atoms with Crippen LogP contribution in [0.25, 0.3) is 0 Å². The van der Waals surface area contributed by atoms with E-state index in [1.165, 1.54) is 0 Å². The Labute approximate surface area is 192 Å². The van der Waals surface area contributed by atoms with Crippen molar-refractivity contribution in [3.63, 3.8) is 0 Å². The zero-order chi connectivity index (χ0) is 22.0. The van der Waals surface area contributed by atoms with Crippen molar-refractivity contribution < 1.29 is 5.11 Å². The van der Waals surface area contributed by atoms with Gasteiger partial charge >= 0.3 is 0 Å². The van der Waals surface area contributed by atoms with Crippen LogP contribution in [0.3, 0.4) is 0 Å². The molecule has 3 nitrogen and oxygen atoms in total. The van der Waals surface area contributed by atoms with Crippen molar-refractivity contribution in [2.24, 2.45) is 0 Å². The lowest BCUT2D eigenvalue weighted by Gasteiger charge is -2.48. The summed E-state index contributed by atoms with van der Waals surface area (Å²) in [5.74, 6) is 0. The highest BCUT2D eigenvalue weighted by Crippen LogP contribution is 2.56. The summed E-state index contributed by atoms with van der Waals surface area (Å²) in [6.07, 6.45) is 3.37. The van der Waals surface area contributed by atoms with Crippen molar-refractivity contribution in [3.05, 3.63) is 148 Å². The second kappa shape index (κ2) is 8.23. The number of aryl methyl sites for hydroxylation is 1. The summed E-state index contributed by atoms with van der Waals surface area (Å²) < 4.78 is 0. The van der Waals surface area contributed by atoms with E-state index < -0.39 is 11.0 Å². The molecule has 1 unspecified atom stereocenters. The van der Waals surface area contributed by atoms with Gasteiger partial charge in [0, 0.05) is 4.88 Å². The van der Waals surface area contributed by atoms with Gasteiger partial charge in [-0.05, 0) is 40.6 Å². The number of H-pyrrole nitrogens is 1.